The second-order valence-corrected chi connectivity index (χ2v) is 6.58. The predicted octanol–water partition coefficient (Wildman–Crippen LogP) is 4.46. The van der Waals surface area contributed by atoms with Gasteiger partial charge in [-0.3, -0.25) is 4.99 Å². The number of aryl methyl sites for hydroxylation is 2. The summed E-state index contributed by atoms with van der Waals surface area (Å²) in [5, 5.41) is 3.27. The minimum absolute atomic E-state index is 0.105. The van der Waals surface area contributed by atoms with Crippen molar-refractivity contribution < 1.29 is 4.39 Å². The number of halogens is 1. The molecule has 1 N–H and O–H groups in total. The first-order valence-corrected chi connectivity index (χ1v) is 8.56. The van der Waals surface area contributed by atoms with Gasteiger partial charge in [-0.15, -0.1) is 0 Å². The average Bonchev–Trinajstić information content (AvgIpc) is 2.64. The summed E-state index contributed by atoms with van der Waals surface area (Å²) in [6.07, 6.45) is 8.47. The molecular formula is C21H20FN3. The molecule has 0 fully saturated rings. The fourth-order valence-electron chi connectivity index (χ4n) is 3.20. The van der Waals surface area contributed by atoms with Crippen LogP contribution in [-0.4, -0.2) is 16.9 Å². The second-order valence-electron chi connectivity index (χ2n) is 6.58. The van der Waals surface area contributed by atoms with Crippen LogP contribution in [0.15, 0.2) is 59.2 Å². The number of hydrogen-bond acceptors (Lipinski definition) is 3. The molecule has 0 amide bonds. The summed E-state index contributed by atoms with van der Waals surface area (Å²) >= 11 is 0. The van der Waals surface area contributed by atoms with Crippen LogP contribution in [0.2, 0.25) is 0 Å². The molecule has 4 heteroatoms. The zero-order valence-electron chi connectivity index (χ0n) is 14.4. The Morgan fingerprint density at radius 2 is 1.96 bits per heavy atom. The normalized spacial score (nSPS) is 18.9. The first-order chi connectivity index (χ1) is 12.1. The molecule has 1 aromatic carbocycles. The number of amidine groups is 1. The third kappa shape index (κ3) is 3.00. The van der Waals surface area contributed by atoms with Gasteiger partial charge < -0.3 is 5.32 Å². The van der Waals surface area contributed by atoms with Crippen LogP contribution < -0.4 is 5.32 Å². The van der Waals surface area contributed by atoms with E-state index in [4.69, 9.17) is 9.98 Å². The Labute approximate surface area is 147 Å². The number of benzene rings is 1. The number of fused-ring (bicyclic) bond motifs is 1. The largest absolute Gasteiger partial charge is 0.345 e. The minimum atomic E-state index is -0.211. The van der Waals surface area contributed by atoms with Crippen molar-refractivity contribution in [3.05, 3.63) is 76.9 Å². The van der Waals surface area contributed by atoms with Gasteiger partial charge in [0, 0.05) is 11.8 Å². The standard InChI is InChI=1S/C21H20FN3/c1-13-7-9-15(11-17(13)22)20-14(2)8-10-19(24-20)21-23-12-16-5-3-4-6-18(16)25-21/h4,6-12,18H,3,5H2,1-2H3,(H,23,25). The number of allylic oxidation sites excluding steroid dienone is 1. The topological polar surface area (TPSA) is 37.3 Å². The van der Waals surface area contributed by atoms with Crippen LogP contribution in [0, 0.1) is 19.7 Å². The number of aliphatic imine (C=N–C) groups is 1. The molecular weight excluding hydrogens is 313 g/mol. The van der Waals surface area contributed by atoms with Gasteiger partial charge >= 0.3 is 0 Å². The Balaban J connectivity index is 1.73. The molecule has 1 atom stereocenters. The van der Waals surface area contributed by atoms with Gasteiger partial charge in [0.15, 0.2) is 5.84 Å². The number of nitrogens with one attached hydrogen (secondary N) is 1. The fourth-order valence-corrected chi connectivity index (χ4v) is 3.20. The molecule has 4 rings (SSSR count). The highest BCUT2D eigenvalue weighted by molar-refractivity contribution is 5.99. The van der Waals surface area contributed by atoms with Gasteiger partial charge in [0.05, 0.1) is 11.7 Å². The van der Waals surface area contributed by atoms with Crippen molar-refractivity contribution in [3.8, 4) is 11.3 Å². The lowest BCUT2D eigenvalue weighted by Crippen LogP contribution is -2.29. The van der Waals surface area contributed by atoms with Crippen molar-refractivity contribution >= 4 is 5.84 Å². The van der Waals surface area contributed by atoms with Gasteiger partial charge in [0.1, 0.15) is 11.5 Å². The van der Waals surface area contributed by atoms with E-state index in [1.165, 1.54) is 5.57 Å². The van der Waals surface area contributed by atoms with Gasteiger partial charge in [-0.25, -0.2) is 9.37 Å². The molecule has 0 saturated carbocycles. The van der Waals surface area contributed by atoms with Crippen molar-refractivity contribution in [1.29, 1.82) is 0 Å². The molecule has 0 spiro atoms. The van der Waals surface area contributed by atoms with E-state index in [1.807, 2.05) is 31.3 Å². The monoisotopic (exact) mass is 333 g/mol. The molecule has 0 radical (unpaired) electrons. The van der Waals surface area contributed by atoms with Gasteiger partial charge in [0.25, 0.3) is 0 Å². The maximum absolute atomic E-state index is 14.0. The molecule has 1 aliphatic carbocycles. The minimum Gasteiger partial charge on any atom is -0.345 e. The Morgan fingerprint density at radius 1 is 1.12 bits per heavy atom. The van der Waals surface area contributed by atoms with Crippen molar-refractivity contribution in [1.82, 2.24) is 10.3 Å². The zero-order chi connectivity index (χ0) is 17.4. The van der Waals surface area contributed by atoms with Gasteiger partial charge in [-0.1, -0.05) is 30.4 Å². The molecule has 1 aromatic heterocycles. The van der Waals surface area contributed by atoms with E-state index in [9.17, 15) is 4.39 Å². The number of nitrogens with zero attached hydrogens (tertiary/aromatic N) is 2. The second kappa shape index (κ2) is 6.28. The third-order valence-electron chi connectivity index (χ3n) is 4.75. The summed E-state index contributed by atoms with van der Waals surface area (Å²) < 4.78 is 14.0. The van der Waals surface area contributed by atoms with Crippen LogP contribution in [0.4, 0.5) is 4.39 Å². The SMILES string of the molecule is Cc1ccc(-c2nc(C3=NC4C=CCCC4=CN3)ccc2C)cc1F. The van der Waals surface area contributed by atoms with Gasteiger partial charge in [-0.2, -0.15) is 0 Å². The maximum atomic E-state index is 14.0. The Kier molecular flexibility index (Phi) is 3.96. The Morgan fingerprint density at radius 3 is 2.80 bits per heavy atom. The summed E-state index contributed by atoms with van der Waals surface area (Å²) in [6.45, 7) is 3.75. The first kappa shape index (κ1) is 15.8. The van der Waals surface area contributed by atoms with Gasteiger partial charge in [-0.05, 0) is 55.5 Å². The number of pyridine rings is 1. The van der Waals surface area contributed by atoms with E-state index < -0.39 is 0 Å². The molecule has 3 nitrogen and oxygen atoms in total. The van der Waals surface area contributed by atoms with E-state index in [-0.39, 0.29) is 11.9 Å². The van der Waals surface area contributed by atoms with Crippen molar-refractivity contribution in [2.24, 2.45) is 4.99 Å². The Hall–Kier alpha value is -2.75. The van der Waals surface area contributed by atoms with Crippen LogP contribution >= 0.6 is 0 Å². The third-order valence-corrected chi connectivity index (χ3v) is 4.75. The van der Waals surface area contributed by atoms with E-state index >= 15 is 0 Å². The quantitative estimate of drug-likeness (QED) is 0.824. The van der Waals surface area contributed by atoms with E-state index in [1.54, 1.807) is 19.1 Å². The molecule has 1 unspecified atom stereocenters. The zero-order valence-corrected chi connectivity index (χ0v) is 14.4. The van der Waals surface area contributed by atoms with Crippen molar-refractivity contribution in [2.45, 2.75) is 32.7 Å². The summed E-state index contributed by atoms with van der Waals surface area (Å²) in [5.74, 6) is 0.547. The first-order valence-electron chi connectivity index (χ1n) is 8.56. The summed E-state index contributed by atoms with van der Waals surface area (Å²) in [6, 6.07) is 9.32. The van der Waals surface area contributed by atoms with Crippen LogP contribution in [0.3, 0.4) is 0 Å². The van der Waals surface area contributed by atoms with Crippen LogP contribution in [-0.2, 0) is 0 Å². The fraction of sp³-hybridized carbons (Fsp3) is 0.238. The number of aromatic nitrogens is 1. The van der Waals surface area contributed by atoms with Crippen LogP contribution in [0.5, 0.6) is 0 Å². The lowest BCUT2D eigenvalue weighted by Gasteiger charge is -2.23. The summed E-state index contributed by atoms with van der Waals surface area (Å²) in [5.41, 5.74) is 5.30. The highest BCUT2D eigenvalue weighted by Crippen LogP contribution is 2.26. The average molecular weight is 333 g/mol. The lowest BCUT2D eigenvalue weighted by atomic mass is 9.96. The number of rotatable bonds is 2. The maximum Gasteiger partial charge on any atom is 0.152 e. The molecule has 25 heavy (non-hydrogen) atoms. The van der Waals surface area contributed by atoms with Crippen LogP contribution in [0.1, 0.15) is 29.7 Å². The molecule has 2 aliphatic rings. The highest BCUT2D eigenvalue weighted by Gasteiger charge is 2.20. The predicted molar refractivity (Wildman–Crippen MR) is 99.0 cm³/mol. The summed E-state index contributed by atoms with van der Waals surface area (Å²) in [7, 11) is 0. The number of hydrogen-bond donors (Lipinski definition) is 1. The molecule has 126 valence electrons. The molecule has 1 aliphatic heterocycles. The molecule has 0 bridgehead atoms. The lowest BCUT2D eigenvalue weighted by molar-refractivity contribution is 0.619. The van der Waals surface area contributed by atoms with Crippen molar-refractivity contribution in [3.63, 3.8) is 0 Å². The van der Waals surface area contributed by atoms with Crippen LogP contribution in [0.25, 0.3) is 11.3 Å². The van der Waals surface area contributed by atoms with Crippen molar-refractivity contribution in [2.75, 3.05) is 0 Å². The van der Waals surface area contributed by atoms with E-state index in [2.05, 4.69) is 17.5 Å². The Bertz CT molecular complexity index is 925. The molecule has 0 saturated heterocycles. The molecule has 2 aromatic rings. The molecule has 2 heterocycles. The summed E-state index contributed by atoms with van der Waals surface area (Å²) in [4.78, 5) is 9.55. The highest BCUT2D eigenvalue weighted by atomic mass is 19.1. The smallest absolute Gasteiger partial charge is 0.152 e. The van der Waals surface area contributed by atoms with Gasteiger partial charge in [0.2, 0.25) is 0 Å². The van der Waals surface area contributed by atoms with E-state index in [0.29, 0.717) is 5.56 Å². The van der Waals surface area contributed by atoms with E-state index in [0.717, 1.165) is 41.2 Å².